The molecule has 1 N–H and O–H groups in total. The number of carbonyl (C=O) groups is 2. The number of rotatable bonds is 4. The van der Waals surface area contributed by atoms with Crippen LogP contribution in [0.15, 0.2) is 72.4 Å². The number of fused-ring (bicyclic) bond motifs is 1. The van der Waals surface area contributed by atoms with Crippen LogP contribution in [0, 0.1) is 0 Å². The normalized spacial score (nSPS) is 14.3. The van der Waals surface area contributed by atoms with Gasteiger partial charge in [0.1, 0.15) is 16.4 Å². The standard InChI is InChI=1S/C26H21N3O3S/c1-26(2)14-22(30)20-13-18(6-7-23(20)32-26)24(31)28-19-5-3-4-17(12-19)21-15-33-25(29-21)16-8-10-27-11-9-16/h3-13,15H,14H2,1-2H3,(H,28,31). The van der Waals surface area contributed by atoms with Crippen LogP contribution in [0.5, 0.6) is 5.75 Å². The Morgan fingerprint density at radius 1 is 1.06 bits per heavy atom. The minimum absolute atomic E-state index is 0.0218. The predicted octanol–water partition coefficient (Wildman–Crippen LogP) is 5.87. The summed E-state index contributed by atoms with van der Waals surface area (Å²) >= 11 is 1.56. The zero-order valence-corrected chi connectivity index (χ0v) is 19.0. The van der Waals surface area contributed by atoms with Crippen LogP contribution in [0.1, 0.15) is 41.0 Å². The van der Waals surface area contributed by atoms with Crippen molar-refractivity contribution < 1.29 is 14.3 Å². The Morgan fingerprint density at radius 2 is 1.88 bits per heavy atom. The number of pyridine rings is 1. The summed E-state index contributed by atoms with van der Waals surface area (Å²) in [6.45, 7) is 3.76. The Labute approximate surface area is 195 Å². The van der Waals surface area contributed by atoms with Crippen LogP contribution in [0.3, 0.4) is 0 Å². The van der Waals surface area contributed by atoms with Gasteiger partial charge in [0.15, 0.2) is 5.78 Å². The van der Waals surface area contributed by atoms with Gasteiger partial charge in [0.25, 0.3) is 5.91 Å². The van der Waals surface area contributed by atoms with Crippen molar-refractivity contribution in [1.29, 1.82) is 0 Å². The van der Waals surface area contributed by atoms with Crippen molar-refractivity contribution in [3.05, 3.63) is 83.5 Å². The van der Waals surface area contributed by atoms with Crippen molar-refractivity contribution in [3.63, 3.8) is 0 Å². The molecule has 164 valence electrons. The number of ether oxygens (including phenoxy) is 1. The fourth-order valence-corrected chi connectivity index (χ4v) is 4.62. The van der Waals surface area contributed by atoms with Gasteiger partial charge in [-0.05, 0) is 56.3 Å². The van der Waals surface area contributed by atoms with Crippen LogP contribution in [0.2, 0.25) is 0 Å². The van der Waals surface area contributed by atoms with Crippen molar-refractivity contribution in [1.82, 2.24) is 9.97 Å². The molecule has 2 aromatic carbocycles. The molecule has 0 unspecified atom stereocenters. The van der Waals surface area contributed by atoms with E-state index in [4.69, 9.17) is 9.72 Å². The molecule has 0 spiro atoms. The number of benzene rings is 2. The lowest BCUT2D eigenvalue weighted by molar-refractivity contribution is 0.0620. The van der Waals surface area contributed by atoms with Crippen molar-refractivity contribution in [2.75, 3.05) is 5.32 Å². The monoisotopic (exact) mass is 455 g/mol. The van der Waals surface area contributed by atoms with Crippen LogP contribution < -0.4 is 10.1 Å². The van der Waals surface area contributed by atoms with E-state index in [1.54, 1.807) is 41.9 Å². The summed E-state index contributed by atoms with van der Waals surface area (Å²) in [5.74, 6) is 0.207. The molecule has 3 heterocycles. The van der Waals surface area contributed by atoms with Crippen molar-refractivity contribution >= 4 is 28.7 Å². The first-order valence-corrected chi connectivity index (χ1v) is 11.4. The molecule has 1 aliphatic heterocycles. The fourth-order valence-electron chi connectivity index (χ4n) is 3.79. The van der Waals surface area contributed by atoms with Crippen molar-refractivity contribution in [2.45, 2.75) is 25.9 Å². The van der Waals surface area contributed by atoms with E-state index >= 15 is 0 Å². The second-order valence-corrected chi connectivity index (χ2v) is 9.34. The second kappa shape index (κ2) is 8.26. The minimum Gasteiger partial charge on any atom is -0.487 e. The van der Waals surface area contributed by atoms with Gasteiger partial charge in [-0.1, -0.05) is 12.1 Å². The number of nitrogens with one attached hydrogen (secondary N) is 1. The van der Waals surface area contributed by atoms with Crippen LogP contribution >= 0.6 is 11.3 Å². The first kappa shape index (κ1) is 21.0. The van der Waals surface area contributed by atoms with E-state index in [2.05, 4.69) is 10.3 Å². The molecule has 4 aromatic rings. The van der Waals surface area contributed by atoms with E-state index < -0.39 is 5.60 Å². The van der Waals surface area contributed by atoms with Gasteiger partial charge in [-0.2, -0.15) is 0 Å². The zero-order chi connectivity index (χ0) is 23.0. The third kappa shape index (κ3) is 4.40. The highest BCUT2D eigenvalue weighted by Gasteiger charge is 2.32. The topological polar surface area (TPSA) is 81.2 Å². The number of Topliss-reactive ketones (excluding diaryl/α,β-unsaturated/α-hetero) is 1. The lowest BCUT2D eigenvalue weighted by atomic mass is 9.92. The molecule has 0 radical (unpaired) electrons. The highest BCUT2D eigenvalue weighted by atomic mass is 32.1. The summed E-state index contributed by atoms with van der Waals surface area (Å²) in [7, 11) is 0. The summed E-state index contributed by atoms with van der Waals surface area (Å²) < 4.78 is 5.88. The molecular formula is C26H21N3O3S. The molecule has 0 saturated heterocycles. The van der Waals surface area contributed by atoms with Gasteiger partial charge in [-0.25, -0.2) is 4.98 Å². The zero-order valence-electron chi connectivity index (χ0n) is 18.2. The van der Waals surface area contributed by atoms with Crippen molar-refractivity contribution in [2.24, 2.45) is 0 Å². The molecule has 1 amide bonds. The molecule has 0 saturated carbocycles. The van der Waals surface area contributed by atoms with E-state index in [0.717, 1.165) is 21.8 Å². The van der Waals surface area contributed by atoms with Gasteiger partial charge in [-0.15, -0.1) is 11.3 Å². The van der Waals surface area contributed by atoms with Crippen LogP contribution in [-0.2, 0) is 0 Å². The number of aromatic nitrogens is 2. The van der Waals surface area contributed by atoms with Crippen molar-refractivity contribution in [3.8, 4) is 27.6 Å². The third-order valence-electron chi connectivity index (χ3n) is 5.36. The molecule has 1 aliphatic rings. The van der Waals surface area contributed by atoms with E-state index in [-0.39, 0.29) is 18.1 Å². The number of thiazole rings is 1. The SMILES string of the molecule is CC1(C)CC(=O)c2cc(C(=O)Nc3cccc(-c4csc(-c5ccncc5)n4)c3)ccc2O1. The maximum absolute atomic E-state index is 12.9. The van der Waals surface area contributed by atoms with Gasteiger partial charge >= 0.3 is 0 Å². The Kier molecular flexibility index (Phi) is 5.26. The molecule has 6 nitrogen and oxygen atoms in total. The molecule has 0 bridgehead atoms. The van der Waals surface area contributed by atoms with Crippen LogP contribution in [0.4, 0.5) is 5.69 Å². The van der Waals surface area contributed by atoms with Crippen LogP contribution in [0.25, 0.3) is 21.8 Å². The maximum Gasteiger partial charge on any atom is 0.255 e. The summed E-state index contributed by atoms with van der Waals surface area (Å²) in [4.78, 5) is 34.2. The van der Waals surface area contributed by atoms with E-state index in [9.17, 15) is 9.59 Å². The Hall–Kier alpha value is -3.84. The summed E-state index contributed by atoms with van der Waals surface area (Å²) in [5.41, 5.74) is 3.72. The Bertz CT molecular complexity index is 1360. The molecule has 0 fully saturated rings. The quantitative estimate of drug-likeness (QED) is 0.416. The molecule has 0 aliphatic carbocycles. The van der Waals surface area contributed by atoms with E-state index in [0.29, 0.717) is 22.6 Å². The fraction of sp³-hybridized carbons (Fsp3) is 0.154. The number of anilines is 1. The maximum atomic E-state index is 12.9. The van der Waals surface area contributed by atoms with Gasteiger partial charge < -0.3 is 10.1 Å². The summed E-state index contributed by atoms with van der Waals surface area (Å²) in [6.07, 6.45) is 3.77. The summed E-state index contributed by atoms with van der Waals surface area (Å²) in [6, 6.07) is 16.4. The van der Waals surface area contributed by atoms with E-state index in [1.807, 2.05) is 55.6 Å². The number of nitrogens with zero attached hydrogens (tertiary/aromatic N) is 2. The molecule has 2 aromatic heterocycles. The van der Waals surface area contributed by atoms with Gasteiger partial charge in [-0.3, -0.25) is 14.6 Å². The molecule has 7 heteroatoms. The largest absolute Gasteiger partial charge is 0.487 e. The smallest absolute Gasteiger partial charge is 0.255 e. The minimum atomic E-state index is -0.540. The number of carbonyl (C=O) groups excluding carboxylic acids is 2. The number of hydrogen-bond acceptors (Lipinski definition) is 6. The predicted molar refractivity (Wildman–Crippen MR) is 129 cm³/mol. The number of amides is 1. The van der Waals surface area contributed by atoms with Gasteiger partial charge in [0, 0.05) is 40.2 Å². The summed E-state index contributed by atoms with van der Waals surface area (Å²) in [5, 5.41) is 5.82. The Balaban J connectivity index is 1.36. The Morgan fingerprint density at radius 3 is 2.70 bits per heavy atom. The molecule has 33 heavy (non-hydrogen) atoms. The van der Waals surface area contributed by atoms with Gasteiger partial charge in [0.2, 0.25) is 0 Å². The second-order valence-electron chi connectivity index (χ2n) is 8.48. The molecular weight excluding hydrogens is 434 g/mol. The average Bonchev–Trinajstić information content (AvgIpc) is 3.29. The van der Waals surface area contributed by atoms with E-state index in [1.165, 1.54) is 0 Å². The average molecular weight is 456 g/mol. The highest BCUT2D eigenvalue weighted by Crippen LogP contribution is 2.34. The lowest BCUT2D eigenvalue weighted by Crippen LogP contribution is -2.36. The first-order valence-electron chi connectivity index (χ1n) is 10.5. The molecule has 0 atom stereocenters. The third-order valence-corrected chi connectivity index (χ3v) is 6.25. The van der Waals surface area contributed by atoms with Crippen LogP contribution in [-0.4, -0.2) is 27.3 Å². The lowest BCUT2D eigenvalue weighted by Gasteiger charge is -2.31. The first-order chi connectivity index (χ1) is 15.9. The number of ketones is 1. The highest BCUT2D eigenvalue weighted by molar-refractivity contribution is 7.13. The number of hydrogen-bond donors (Lipinski definition) is 1. The van der Waals surface area contributed by atoms with Gasteiger partial charge in [0.05, 0.1) is 17.7 Å². The molecule has 5 rings (SSSR count).